The minimum Gasteiger partial charge on any atom is -0.334 e. The van der Waals surface area contributed by atoms with Gasteiger partial charge in [-0.3, -0.25) is 4.79 Å². The first-order chi connectivity index (χ1) is 16.0. The van der Waals surface area contributed by atoms with Gasteiger partial charge in [-0.05, 0) is 64.2 Å². The molecule has 2 aromatic carbocycles. The summed E-state index contributed by atoms with van der Waals surface area (Å²) >= 11 is 0. The Kier molecular flexibility index (Phi) is 7.66. The molecule has 1 aliphatic rings. The quantitative estimate of drug-likeness (QED) is 0.411. The number of carbonyl (C=O) groups is 1. The van der Waals surface area contributed by atoms with E-state index in [1.54, 1.807) is 0 Å². The van der Waals surface area contributed by atoms with E-state index in [0.717, 1.165) is 32.2 Å². The van der Waals surface area contributed by atoms with Crippen LogP contribution < -0.4 is 0 Å². The van der Waals surface area contributed by atoms with Gasteiger partial charge >= 0.3 is 0 Å². The summed E-state index contributed by atoms with van der Waals surface area (Å²) in [5, 5.41) is 0. The molecule has 192 valence electrons. The first-order valence-electron chi connectivity index (χ1n) is 13.5. The van der Waals surface area contributed by atoms with E-state index in [-0.39, 0.29) is 22.3 Å². The van der Waals surface area contributed by atoms with E-state index < -0.39 is 5.41 Å². The molecule has 1 amide bonds. The molecule has 0 N–H and O–H groups in total. The van der Waals surface area contributed by atoms with Gasteiger partial charge in [-0.1, -0.05) is 118 Å². The Hall–Kier alpha value is -2.09. The zero-order chi connectivity index (χ0) is 26.2. The second-order valence-corrected chi connectivity index (χ2v) is 14.5. The van der Waals surface area contributed by atoms with E-state index in [9.17, 15) is 4.79 Å². The van der Waals surface area contributed by atoms with Crippen LogP contribution in [0.1, 0.15) is 104 Å². The van der Waals surface area contributed by atoms with Gasteiger partial charge in [-0.15, -0.1) is 0 Å². The van der Waals surface area contributed by atoms with Crippen LogP contribution >= 0.6 is 0 Å². The Balaban J connectivity index is 1.78. The molecule has 1 atom stereocenters. The molecule has 1 unspecified atom stereocenters. The van der Waals surface area contributed by atoms with Gasteiger partial charge in [0.1, 0.15) is 0 Å². The van der Waals surface area contributed by atoms with Crippen LogP contribution in [0, 0.1) is 16.2 Å². The Morgan fingerprint density at radius 3 is 2.06 bits per heavy atom. The van der Waals surface area contributed by atoms with E-state index in [1.807, 2.05) is 0 Å². The van der Waals surface area contributed by atoms with Crippen molar-refractivity contribution in [3.05, 3.63) is 70.8 Å². The van der Waals surface area contributed by atoms with Gasteiger partial charge in [0.05, 0.1) is 0 Å². The van der Waals surface area contributed by atoms with E-state index >= 15 is 0 Å². The molecule has 0 radical (unpaired) electrons. The van der Waals surface area contributed by atoms with Gasteiger partial charge in [0.2, 0.25) is 5.91 Å². The lowest BCUT2D eigenvalue weighted by atomic mass is 9.73. The van der Waals surface area contributed by atoms with Crippen molar-refractivity contribution in [2.45, 2.75) is 113 Å². The maximum absolute atomic E-state index is 14.1. The Labute approximate surface area is 215 Å². The van der Waals surface area contributed by atoms with Crippen molar-refractivity contribution in [2.75, 3.05) is 0 Å². The van der Waals surface area contributed by atoms with Crippen molar-refractivity contribution in [1.29, 1.82) is 0 Å². The highest BCUT2D eigenvalue weighted by Gasteiger charge is 2.42. The monoisotopic (exact) mass is 475 g/mol. The van der Waals surface area contributed by atoms with Gasteiger partial charge in [0, 0.05) is 18.0 Å². The third-order valence-corrected chi connectivity index (χ3v) is 7.91. The minimum absolute atomic E-state index is 0.0172. The molecule has 0 spiro atoms. The Morgan fingerprint density at radius 1 is 0.829 bits per heavy atom. The average Bonchev–Trinajstić information content (AvgIpc) is 2.75. The molecule has 2 aromatic rings. The fourth-order valence-corrected chi connectivity index (χ4v) is 5.49. The summed E-state index contributed by atoms with van der Waals surface area (Å²) in [5.41, 5.74) is 5.39. The maximum atomic E-state index is 14.1. The van der Waals surface area contributed by atoms with Gasteiger partial charge in [0.15, 0.2) is 0 Å². The van der Waals surface area contributed by atoms with Crippen LogP contribution in [0.2, 0.25) is 0 Å². The van der Waals surface area contributed by atoms with Crippen LogP contribution in [0.5, 0.6) is 0 Å². The SMILES string of the molecule is CC(C)(C)Cc1cccc(C(C)(C)CCC(C)(C)C(=O)N2Cc3ccccc3CC2C(C)(C)C)c1. The molecule has 0 fully saturated rings. The zero-order valence-electron chi connectivity index (χ0n) is 24.1. The molecule has 1 heterocycles. The zero-order valence-corrected chi connectivity index (χ0v) is 24.1. The molecule has 0 saturated carbocycles. The second kappa shape index (κ2) is 9.75. The lowest BCUT2D eigenvalue weighted by Crippen LogP contribution is -2.54. The first kappa shape index (κ1) is 27.5. The standard InChI is InChI=1S/C33H49NO/c1-30(2,3)22-24-14-13-17-27(20-24)32(7,8)18-19-33(9,10)29(35)34-23-26-16-12-11-15-25(26)21-28(34)31(4,5)6/h11-17,20,28H,18-19,21-23H2,1-10H3. The highest BCUT2D eigenvalue weighted by atomic mass is 16.2. The van der Waals surface area contributed by atoms with Crippen LogP contribution in [0.4, 0.5) is 0 Å². The lowest BCUT2D eigenvalue weighted by molar-refractivity contribution is -0.147. The van der Waals surface area contributed by atoms with Crippen molar-refractivity contribution < 1.29 is 4.79 Å². The minimum atomic E-state index is -0.407. The number of nitrogens with zero attached hydrogens (tertiary/aromatic N) is 1. The summed E-state index contributed by atoms with van der Waals surface area (Å²) in [6, 6.07) is 18.0. The van der Waals surface area contributed by atoms with Crippen LogP contribution in [-0.4, -0.2) is 16.8 Å². The van der Waals surface area contributed by atoms with Crippen molar-refractivity contribution in [3.63, 3.8) is 0 Å². The summed E-state index contributed by atoms with van der Waals surface area (Å²) in [4.78, 5) is 16.3. The van der Waals surface area contributed by atoms with Crippen LogP contribution in [0.15, 0.2) is 48.5 Å². The predicted molar refractivity (Wildman–Crippen MR) is 150 cm³/mol. The molecule has 0 aliphatic carbocycles. The third kappa shape index (κ3) is 6.78. The number of rotatable bonds is 6. The topological polar surface area (TPSA) is 20.3 Å². The van der Waals surface area contributed by atoms with Gasteiger partial charge in [0.25, 0.3) is 0 Å². The van der Waals surface area contributed by atoms with E-state index in [2.05, 4.69) is 123 Å². The van der Waals surface area contributed by atoms with Crippen LogP contribution in [0.3, 0.4) is 0 Å². The first-order valence-corrected chi connectivity index (χ1v) is 13.5. The van der Waals surface area contributed by atoms with Crippen molar-refractivity contribution in [3.8, 4) is 0 Å². The molecule has 0 bridgehead atoms. The molecule has 0 saturated heterocycles. The number of fused-ring (bicyclic) bond motifs is 1. The smallest absolute Gasteiger partial charge is 0.228 e. The fourth-order valence-electron chi connectivity index (χ4n) is 5.49. The summed E-state index contributed by atoms with van der Waals surface area (Å²) in [6.45, 7) is 23.4. The summed E-state index contributed by atoms with van der Waals surface area (Å²) in [6.07, 6.45) is 3.87. The van der Waals surface area contributed by atoms with E-state index in [1.165, 1.54) is 22.3 Å². The molecular weight excluding hydrogens is 426 g/mol. The third-order valence-electron chi connectivity index (χ3n) is 7.91. The van der Waals surface area contributed by atoms with Gasteiger partial charge in [-0.25, -0.2) is 0 Å². The van der Waals surface area contributed by atoms with Crippen molar-refractivity contribution in [1.82, 2.24) is 4.90 Å². The van der Waals surface area contributed by atoms with Crippen LogP contribution in [0.25, 0.3) is 0 Å². The number of hydrogen-bond donors (Lipinski definition) is 0. The number of benzene rings is 2. The molecule has 0 aromatic heterocycles. The molecule has 2 heteroatoms. The van der Waals surface area contributed by atoms with Crippen molar-refractivity contribution >= 4 is 5.91 Å². The Morgan fingerprint density at radius 2 is 1.46 bits per heavy atom. The van der Waals surface area contributed by atoms with E-state index in [0.29, 0.717) is 5.91 Å². The second-order valence-electron chi connectivity index (χ2n) is 14.5. The number of amides is 1. The number of carbonyl (C=O) groups excluding carboxylic acids is 1. The fraction of sp³-hybridized carbons (Fsp3) is 0.606. The summed E-state index contributed by atoms with van der Waals surface area (Å²) in [7, 11) is 0. The van der Waals surface area contributed by atoms with Crippen LogP contribution in [-0.2, 0) is 29.6 Å². The average molecular weight is 476 g/mol. The maximum Gasteiger partial charge on any atom is 0.228 e. The highest BCUT2D eigenvalue weighted by molar-refractivity contribution is 5.82. The molecular formula is C33H49NO. The Bertz CT molecular complexity index is 1030. The summed E-state index contributed by atoms with van der Waals surface area (Å²) < 4.78 is 0. The largest absolute Gasteiger partial charge is 0.334 e. The van der Waals surface area contributed by atoms with Gasteiger partial charge < -0.3 is 4.90 Å². The normalized spacial score (nSPS) is 17.3. The molecule has 35 heavy (non-hydrogen) atoms. The molecule has 3 rings (SSSR count). The van der Waals surface area contributed by atoms with E-state index in [4.69, 9.17) is 0 Å². The lowest BCUT2D eigenvalue weighted by Gasteiger charge is -2.47. The predicted octanol–water partition coefficient (Wildman–Crippen LogP) is 8.36. The van der Waals surface area contributed by atoms with Gasteiger partial charge in [-0.2, -0.15) is 0 Å². The molecule has 2 nitrogen and oxygen atoms in total. The number of hydrogen-bond acceptors (Lipinski definition) is 1. The van der Waals surface area contributed by atoms with Crippen molar-refractivity contribution in [2.24, 2.45) is 16.2 Å². The summed E-state index contributed by atoms with van der Waals surface area (Å²) in [5.74, 6) is 0.296. The molecule has 1 aliphatic heterocycles. The highest BCUT2D eigenvalue weighted by Crippen LogP contribution is 2.40.